The minimum Gasteiger partial charge on any atom is -0.497 e. The number of aromatic nitrogens is 1. The highest BCUT2D eigenvalue weighted by atomic mass is 16.5. The van der Waals surface area contributed by atoms with Crippen LogP contribution in [-0.4, -0.2) is 47.4 Å². The van der Waals surface area contributed by atoms with Gasteiger partial charge in [0.2, 0.25) is 0 Å². The van der Waals surface area contributed by atoms with E-state index in [1.165, 1.54) is 0 Å². The molecule has 0 fully saturated rings. The highest BCUT2D eigenvalue weighted by Crippen LogP contribution is 2.29. The van der Waals surface area contributed by atoms with Crippen LogP contribution in [0.1, 0.15) is 0 Å². The van der Waals surface area contributed by atoms with Crippen LogP contribution in [0.15, 0.2) is 79.9 Å². The maximum Gasteiger partial charge on any atom is 0.118 e. The molecule has 3 aromatic rings. The molecule has 1 aromatic heterocycles. The van der Waals surface area contributed by atoms with Gasteiger partial charge in [-0.25, -0.2) is 0 Å². The van der Waals surface area contributed by atoms with Gasteiger partial charge in [-0.2, -0.15) is 0 Å². The van der Waals surface area contributed by atoms with E-state index in [2.05, 4.69) is 53.0 Å². The van der Waals surface area contributed by atoms with Crippen molar-refractivity contribution in [1.82, 2.24) is 9.47 Å². The monoisotopic (exact) mass is 376 g/mol. The summed E-state index contributed by atoms with van der Waals surface area (Å²) in [5, 5.41) is 12.0. The van der Waals surface area contributed by atoms with Gasteiger partial charge in [0.05, 0.1) is 19.8 Å². The minimum atomic E-state index is -0.507. The maximum atomic E-state index is 10.8. The number of methoxy groups -OCH3 is 1. The predicted molar refractivity (Wildman–Crippen MR) is 117 cm³/mol. The average molecular weight is 377 g/mol. The smallest absolute Gasteiger partial charge is 0.118 e. The van der Waals surface area contributed by atoms with Crippen LogP contribution in [0.2, 0.25) is 0 Å². The quantitative estimate of drug-likeness (QED) is 0.535. The first-order valence-corrected chi connectivity index (χ1v) is 9.51. The fraction of sp³-hybridized carbons (Fsp3) is 0.250. The molecule has 0 spiro atoms. The van der Waals surface area contributed by atoms with E-state index in [-0.39, 0.29) is 0 Å². The highest BCUT2D eigenvalue weighted by molar-refractivity contribution is 5.87. The molecule has 4 nitrogen and oxygen atoms in total. The number of para-hydroxylation sites is 1. The van der Waals surface area contributed by atoms with E-state index in [4.69, 9.17) is 4.74 Å². The second kappa shape index (κ2) is 9.40. The number of aliphatic hydroxyl groups excluding tert-OH is 1. The fourth-order valence-electron chi connectivity index (χ4n) is 3.56. The van der Waals surface area contributed by atoms with Gasteiger partial charge in [-0.15, -0.1) is 13.2 Å². The summed E-state index contributed by atoms with van der Waals surface area (Å²) < 4.78 is 7.48. The molecule has 0 amide bonds. The van der Waals surface area contributed by atoms with Crippen LogP contribution in [0.4, 0.5) is 0 Å². The van der Waals surface area contributed by atoms with Crippen molar-refractivity contribution in [2.24, 2.45) is 0 Å². The molecule has 146 valence electrons. The van der Waals surface area contributed by atoms with Crippen LogP contribution >= 0.6 is 0 Å². The van der Waals surface area contributed by atoms with E-state index in [1.807, 2.05) is 36.4 Å². The number of ether oxygens (including phenoxy) is 1. The molecule has 0 saturated carbocycles. The lowest BCUT2D eigenvalue weighted by atomic mass is 10.1. The topological polar surface area (TPSA) is 37.6 Å². The maximum absolute atomic E-state index is 10.8. The Kier molecular flexibility index (Phi) is 6.69. The van der Waals surface area contributed by atoms with E-state index in [0.29, 0.717) is 13.1 Å². The third-order valence-corrected chi connectivity index (χ3v) is 4.83. The van der Waals surface area contributed by atoms with Crippen LogP contribution in [-0.2, 0) is 6.54 Å². The number of hydrogen-bond acceptors (Lipinski definition) is 3. The van der Waals surface area contributed by atoms with E-state index in [0.717, 1.165) is 41.0 Å². The highest BCUT2D eigenvalue weighted by Gasteiger charge is 2.16. The molecule has 0 aliphatic rings. The third kappa shape index (κ3) is 4.53. The van der Waals surface area contributed by atoms with E-state index in [9.17, 15) is 5.11 Å². The molecule has 4 heteroatoms. The molecule has 0 aliphatic carbocycles. The lowest BCUT2D eigenvalue weighted by molar-refractivity contribution is 0.110. The Labute approximate surface area is 167 Å². The zero-order valence-electron chi connectivity index (χ0n) is 16.4. The lowest BCUT2D eigenvalue weighted by Crippen LogP contribution is -2.35. The Morgan fingerprint density at radius 1 is 1.07 bits per heavy atom. The van der Waals surface area contributed by atoms with Gasteiger partial charge in [0.25, 0.3) is 0 Å². The zero-order chi connectivity index (χ0) is 19.9. The molecular weight excluding hydrogens is 348 g/mol. The summed E-state index contributed by atoms with van der Waals surface area (Å²) in [5.74, 6) is 0.830. The van der Waals surface area contributed by atoms with Crippen molar-refractivity contribution >= 4 is 10.9 Å². The fourth-order valence-corrected chi connectivity index (χ4v) is 3.56. The number of fused-ring (bicyclic) bond motifs is 1. The van der Waals surface area contributed by atoms with Gasteiger partial charge in [-0.3, -0.25) is 4.90 Å². The van der Waals surface area contributed by atoms with Crippen molar-refractivity contribution in [2.75, 3.05) is 26.7 Å². The van der Waals surface area contributed by atoms with Crippen LogP contribution in [0.5, 0.6) is 5.75 Å². The Hall–Kier alpha value is -2.82. The van der Waals surface area contributed by atoms with E-state index >= 15 is 0 Å². The number of aliphatic hydroxyl groups is 1. The van der Waals surface area contributed by atoms with Gasteiger partial charge in [0.15, 0.2) is 0 Å². The van der Waals surface area contributed by atoms with Gasteiger partial charge in [0.1, 0.15) is 5.75 Å². The second-order valence-corrected chi connectivity index (χ2v) is 6.88. The molecule has 0 aliphatic heterocycles. The summed E-state index contributed by atoms with van der Waals surface area (Å²) >= 11 is 0. The number of nitrogens with zero attached hydrogens (tertiary/aromatic N) is 2. The Morgan fingerprint density at radius 3 is 2.39 bits per heavy atom. The summed E-state index contributed by atoms with van der Waals surface area (Å²) in [7, 11) is 1.67. The SMILES string of the molecule is C=CCN(CC=C)C[C@@H](O)Cn1c(-c2ccc(OC)cc2)cc2ccccc21. The van der Waals surface area contributed by atoms with Gasteiger partial charge in [-0.1, -0.05) is 30.4 Å². The van der Waals surface area contributed by atoms with Crippen LogP contribution in [0, 0.1) is 0 Å². The molecule has 1 atom stereocenters. The van der Waals surface area contributed by atoms with Gasteiger partial charge in [-0.05, 0) is 42.0 Å². The molecule has 3 rings (SSSR count). The van der Waals surface area contributed by atoms with Gasteiger partial charge in [0, 0.05) is 36.2 Å². The summed E-state index contributed by atoms with van der Waals surface area (Å²) in [6, 6.07) is 18.5. The summed E-state index contributed by atoms with van der Waals surface area (Å²) in [4.78, 5) is 2.13. The van der Waals surface area contributed by atoms with E-state index < -0.39 is 6.10 Å². The van der Waals surface area contributed by atoms with Crippen molar-refractivity contribution in [3.8, 4) is 17.0 Å². The third-order valence-electron chi connectivity index (χ3n) is 4.83. The summed E-state index contributed by atoms with van der Waals surface area (Å²) in [6.07, 6.45) is 3.20. The van der Waals surface area contributed by atoms with Crippen molar-refractivity contribution in [1.29, 1.82) is 0 Å². The Balaban J connectivity index is 1.92. The first-order valence-electron chi connectivity index (χ1n) is 9.51. The Bertz CT molecular complexity index is 917. The molecule has 0 radical (unpaired) electrons. The van der Waals surface area contributed by atoms with Crippen molar-refractivity contribution in [3.63, 3.8) is 0 Å². The van der Waals surface area contributed by atoms with Crippen molar-refractivity contribution < 1.29 is 9.84 Å². The number of rotatable bonds is 10. The standard InChI is InChI=1S/C24H28N2O2/c1-4-14-25(15-5-2)17-21(27)18-26-23-9-7-6-8-20(23)16-24(26)19-10-12-22(28-3)13-11-19/h4-13,16,21,27H,1-2,14-15,17-18H2,3H3/t21-/m1/s1. The van der Waals surface area contributed by atoms with Crippen molar-refractivity contribution in [2.45, 2.75) is 12.6 Å². The summed E-state index contributed by atoms with van der Waals surface area (Å²) in [5.41, 5.74) is 3.30. The molecular formula is C24H28N2O2. The zero-order valence-corrected chi connectivity index (χ0v) is 16.4. The molecule has 2 aromatic carbocycles. The minimum absolute atomic E-state index is 0.507. The lowest BCUT2D eigenvalue weighted by Gasteiger charge is -2.23. The van der Waals surface area contributed by atoms with Crippen molar-refractivity contribution in [3.05, 3.63) is 79.9 Å². The predicted octanol–water partition coefficient (Wildman–Crippen LogP) is 4.35. The molecule has 1 N–H and O–H groups in total. The molecule has 0 unspecified atom stereocenters. The second-order valence-electron chi connectivity index (χ2n) is 6.88. The normalized spacial score (nSPS) is 12.2. The first-order chi connectivity index (χ1) is 13.7. The van der Waals surface area contributed by atoms with Crippen LogP contribution < -0.4 is 4.74 Å². The number of hydrogen-bond donors (Lipinski definition) is 1. The molecule has 0 bridgehead atoms. The van der Waals surface area contributed by atoms with Gasteiger partial charge >= 0.3 is 0 Å². The number of benzene rings is 2. The first kappa shape index (κ1) is 19.9. The van der Waals surface area contributed by atoms with Crippen LogP contribution in [0.3, 0.4) is 0 Å². The summed E-state index contributed by atoms with van der Waals surface area (Å²) in [6.45, 7) is 10.1. The van der Waals surface area contributed by atoms with Crippen LogP contribution in [0.25, 0.3) is 22.2 Å². The molecule has 1 heterocycles. The van der Waals surface area contributed by atoms with Gasteiger partial charge < -0.3 is 14.4 Å². The Morgan fingerprint density at radius 2 is 1.75 bits per heavy atom. The van der Waals surface area contributed by atoms with E-state index in [1.54, 1.807) is 7.11 Å². The average Bonchev–Trinajstić information content (AvgIpc) is 3.07. The largest absolute Gasteiger partial charge is 0.497 e. The molecule has 0 saturated heterocycles. The molecule has 28 heavy (non-hydrogen) atoms.